The van der Waals surface area contributed by atoms with Crippen LogP contribution in [0.25, 0.3) is 0 Å². The predicted molar refractivity (Wildman–Crippen MR) is 89.1 cm³/mol. The second-order valence-electron chi connectivity index (χ2n) is 5.57. The molecule has 1 amide bonds. The van der Waals surface area contributed by atoms with Crippen molar-refractivity contribution in [1.82, 2.24) is 5.32 Å². The van der Waals surface area contributed by atoms with E-state index in [0.29, 0.717) is 13.2 Å². The standard InChI is InChI=1S/C15H24N2O2S.ClH/c1-9-8-13(11(3)20-9)10(2)17-15(18)14(16)12-4-6-19-7-5-12;/h8,10,12,14H,4-7,16H2,1-3H3,(H,17,18);1H. The van der Waals surface area contributed by atoms with E-state index >= 15 is 0 Å². The molecule has 0 aliphatic carbocycles. The van der Waals surface area contributed by atoms with Gasteiger partial charge in [-0.2, -0.15) is 0 Å². The summed E-state index contributed by atoms with van der Waals surface area (Å²) in [6, 6.07) is 1.73. The van der Waals surface area contributed by atoms with Crippen molar-refractivity contribution in [3.8, 4) is 0 Å². The van der Waals surface area contributed by atoms with E-state index in [9.17, 15) is 4.79 Å². The lowest BCUT2D eigenvalue weighted by atomic mass is 9.91. The molecule has 1 aliphatic rings. The van der Waals surface area contributed by atoms with E-state index in [4.69, 9.17) is 10.5 Å². The molecule has 2 rings (SSSR count). The van der Waals surface area contributed by atoms with E-state index in [0.717, 1.165) is 12.8 Å². The molecule has 0 bridgehead atoms. The Morgan fingerprint density at radius 2 is 2.05 bits per heavy atom. The van der Waals surface area contributed by atoms with Crippen molar-refractivity contribution in [3.63, 3.8) is 0 Å². The van der Waals surface area contributed by atoms with Gasteiger partial charge in [0, 0.05) is 23.0 Å². The smallest absolute Gasteiger partial charge is 0.237 e. The minimum Gasteiger partial charge on any atom is -0.381 e. The Bertz CT molecular complexity index is 472. The zero-order chi connectivity index (χ0) is 14.7. The first kappa shape index (κ1) is 18.4. The van der Waals surface area contributed by atoms with Gasteiger partial charge in [0.2, 0.25) is 5.91 Å². The third-order valence-electron chi connectivity index (χ3n) is 3.98. The molecule has 120 valence electrons. The molecule has 4 nitrogen and oxygen atoms in total. The van der Waals surface area contributed by atoms with Gasteiger partial charge in [-0.3, -0.25) is 4.79 Å². The lowest BCUT2D eigenvalue weighted by Gasteiger charge is -2.27. The minimum atomic E-state index is -0.429. The highest BCUT2D eigenvalue weighted by atomic mass is 35.5. The van der Waals surface area contributed by atoms with E-state index in [2.05, 4.69) is 25.2 Å². The fourth-order valence-electron chi connectivity index (χ4n) is 2.76. The van der Waals surface area contributed by atoms with Crippen LogP contribution in [-0.4, -0.2) is 25.2 Å². The summed E-state index contributed by atoms with van der Waals surface area (Å²) in [5.74, 6) is 0.189. The molecule has 1 fully saturated rings. The molecule has 1 aromatic rings. The fourth-order valence-corrected chi connectivity index (χ4v) is 3.78. The molecule has 3 N–H and O–H groups in total. The van der Waals surface area contributed by atoms with Gasteiger partial charge in [-0.1, -0.05) is 0 Å². The Hall–Kier alpha value is -0.620. The summed E-state index contributed by atoms with van der Waals surface area (Å²) in [5.41, 5.74) is 7.29. The van der Waals surface area contributed by atoms with Crippen LogP contribution in [0, 0.1) is 19.8 Å². The maximum absolute atomic E-state index is 12.3. The van der Waals surface area contributed by atoms with E-state index in [1.165, 1.54) is 15.3 Å². The molecule has 1 aliphatic heterocycles. The average Bonchev–Trinajstić information content (AvgIpc) is 2.78. The quantitative estimate of drug-likeness (QED) is 0.891. The van der Waals surface area contributed by atoms with E-state index in [1.807, 2.05) is 6.92 Å². The van der Waals surface area contributed by atoms with Gasteiger partial charge >= 0.3 is 0 Å². The third kappa shape index (κ3) is 4.68. The zero-order valence-corrected chi connectivity index (χ0v) is 14.5. The van der Waals surface area contributed by atoms with Gasteiger partial charge in [-0.05, 0) is 51.2 Å². The number of ether oxygens (including phenoxy) is 1. The number of hydrogen-bond donors (Lipinski definition) is 2. The maximum atomic E-state index is 12.3. The first-order valence-electron chi connectivity index (χ1n) is 7.19. The molecular formula is C15H25ClN2O2S. The van der Waals surface area contributed by atoms with Gasteiger partial charge in [-0.25, -0.2) is 0 Å². The molecule has 2 heterocycles. The van der Waals surface area contributed by atoms with Crippen molar-refractivity contribution in [3.05, 3.63) is 21.4 Å². The van der Waals surface area contributed by atoms with Crippen molar-refractivity contribution in [1.29, 1.82) is 0 Å². The molecule has 0 radical (unpaired) electrons. The van der Waals surface area contributed by atoms with E-state index in [1.54, 1.807) is 11.3 Å². The lowest BCUT2D eigenvalue weighted by molar-refractivity contribution is -0.125. The molecule has 0 saturated carbocycles. The molecule has 0 aromatic carbocycles. The summed E-state index contributed by atoms with van der Waals surface area (Å²) in [7, 11) is 0. The van der Waals surface area contributed by atoms with Crippen LogP contribution in [0.1, 0.15) is 41.1 Å². The number of carbonyl (C=O) groups excluding carboxylic acids is 1. The van der Waals surface area contributed by atoms with Crippen molar-refractivity contribution < 1.29 is 9.53 Å². The summed E-state index contributed by atoms with van der Waals surface area (Å²) in [5, 5.41) is 3.05. The summed E-state index contributed by atoms with van der Waals surface area (Å²) in [4.78, 5) is 14.8. The van der Waals surface area contributed by atoms with Crippen LogP contribution in [0.2, 0.25) is 0 Å². The van der Waals surface area contributed by atoms with Crippen LogP contribution in [-0.2, 0) is 9.53 Å². The van der Waals surface area contributed by atoms with E-state index < -0.39 is 6.04 Å². The average molecular weight is 333 g/mol. The molecule has 1 saturated heterocycles. The first-order valence-corrected chi connectivity index (χ1v) is 8.01. The van der Waals surface area contributed by atoms with E-state index in [-0.39, 0.29) is 30.3 Å². The van der Waals surface area contributed by atoms with Crippen molar-refractivity contribution >= 4 is 29.7 Å². The zero-order valence-electron chi connectivity index (χ0n) is 12.8. The van der Waals surface area contributed by atoms with Crippen LogP contribution >= 0.6 is 23.7 Å². The van der Waals surface area contributed by atoms with Gasteiger partial charge in [-0.15, -0.1) is 23.7 Å². The van der Waals surface area contributed by atoms with Crippen LogP contribution in [0.4, 0.5) is 0 Å². The Labute approximate surface area is 136 Å². The number of amides is 1. The highest BCUT2D eigenvalue weighted by molar-refractivity contribution is 7.12. The van der Waals surface area contributed by atoms with Crippen molar-refractivity contribution in [2.75, 3.05) is 13.2 Å². The van der Waals surface area contributed by atoms with Crippen LogP contribution in [0.3, 0.4) is 0 Å². The summed E-state index contributed by atoms with van der Waals surface area (Å²) >= 11 is 1.76. The third-order valence-corrected chi connectivity index (χ3v) is 4.96. The predicted octanol–water partition coefficient (Wildman–Crippen LogP) is 2.72. The number of halogens is 1. The van der Waals surface area contributed by atoms with Gasteiger partial charge in [0.25, 0.3) is 0 Å². The maximum Gasteiger partial charge on any atom is 0.237 e. The molecule has 2 atom stereocenters. The first-order chi connectivity index (χ1) is 9.49. The summed E-state index contributed by atoms with van der Waals surface area (Å²) < 4.78 is 5.31. The fraction of sp³-hybridized carbons (Fsp3) is 0.667. The Kier molecular flexibility index (Phi) is 7.13. The number of hydrogen-bond acceptors (Lipinski definition) is 4. The van der Waals surface area contributed by atoms with Crippen LogP contribution in [0.15, 0.2) is 6.07 Å². The highest BCUT2D eigenvalue weighted by Gasteiger charge is 2.27. The summed E-state index contributed by atoms with van der Waals surface area (Å²) in [6.45, 7) is 7.62. The number of rotatable bonds is 4. The normalized spacial score (nSPS) is 18.7. The molecular weight excluding hydrogens is 308 g/mol. The monoisotopic (exact) mass is 332 g/mol. The van der Waals surface area contributed by atoms with Crippen LogP contribution in [0.5, 0.6) is 0 Å². The number of thiophene rings is 1. The van der Waals surface area contributed by atoms with Gasteiger partial charge in [0.05, 0.1) is 12.1 Å². The van der Waals surface area contributed by atoms with Gasteiger partial charge in [0.15, 0.2) is 0 Å². The molecule has 1 aromatic heterocycles. The molecule has 21 heavy (non-hydrogen) atoms. The van der Waals surface area contributed by atoms with Crippen molar-refractivity contribution in [2.45, 2.75) is 45.7 Å². The minimum absolute atomic E-state index is 0. The Morgan fingerprint density at radius 1 is 1.43 bits per heavy atom. The molecule has 0 spiro atoms. The molecule has 6 heteroatoms. The van der Waals surface area contributed by atoms with Crippen molar-refractivity contribution in [2.24, 2.45) is 11.7 Å². The number of nitrogens with two attached hydrogens (primary N) is 1. The highest BCUT2D eigenvalue weighted by Crippen LogP contribution is 2.26. The van der Waals surface area contributed by atoms with Crippen LogP contribution < -0.4 is 11.1 Å². The number of nitrogens with one attached hydrogen (secondary N) is 1. The SMILES string of the molecule is Cc1cc(C(C)NC(=O)C(N)C2CCOCC2)c(C)s1.Cl. The van der Waals surface area contributed by atoms with Gasteiger partial charge in [0.1, 0.15) is 0 Å². The largest absolute Gasteiger partial charge is 0.381 e. The Balaban J connectivity index is 0.00000220. The molecule has 2 unspecified atom stereocenters. The topological polar surface area (TPSA) is 64.4 Å². The van der Waals surface area contributed by atoms with Gasteiger partial charge < -0.3 is 15.8 Å². The second kappa shape index (κ2) is 8.13. The Morgan fingerprint density at radius 3 is 2.57 bits per heavy atom. The summed E-state index contributed by atoms with van der Waals surface area (Å²) in [6.07, 6.45) is 1.75. The second-order valence-corrected chi connectivity index (χ2v) is 7.03. The lowest BCUT2D eigenvalue weighted by Crippen LogP contribution is -2.47. The number of aryl methyl sites for hydroxylation is 2. The number of carbonyl (C=O) groups is 1.